The van der Waals surface area contributed by atoms with Crippen LogP contribution in [0.2, 0.25) is 0 Å². The molecule has 0 aliphatic carbocycles. The van der Waals surface area contributed by atoms with E-state index < -0.39 is 0 Å². The lowest BCUT2D eigenvalue weighted by Gasteiger charge is -2.33. The van der Waals surface area contributed by atoms with Crippen LogP contribution in [-0.2, 0) is 7.05 Å². The molecule has 0 radical (unpaired) electrons. The highest BCUT2D eigenvalue weighted by atomic mass is 16.5. The van der Waals surface area contributed by atoms with Gasteiger partial charge in [-0.15, -0.1) is 0 Å². The number of hydrogen-bond acceptors (Lipinski definition) is 5. The van der Waals surface area contributed by atoms with Crippen molar-refractivity contribution in [2.24, 2.45) is 7.05 Å². The molecule has 6 heterocycles. The number of para-hydroxylation sites is 6. The molecule has 0 unspecified atom stereocenters. The van der Waals surface area contributed by atoms with Gasteiger partial charge < -0.3 is 27.9 Å². The number of rotatable bonds is 4. The van der Waals surface area contributed by atoms with Gasteiger partial charge in [0.15, 0.2) is 0 Å². The summed E-state index contributed by atoms with van der Waals surface area (Å²) in [7, 11) is 2.19. The van der Waals surface area contributed by atoms with Crippen molar-refractivity contribution in [2.75, 3.05) is 0 Å². The van der Waals surface area contributed by atoms with Gasteiger partial charge >= 0.3 is 0 Å². The van der Waals surface area contributed by atoms with Gasteiger partial charge in [-0.25, -0.2) is 0 Å². The maximum absolute atomic E-state index is 6.84. The Morgan fingerprint density at radius 1 is 0.320 bits per heavy atom. The van der Waals surface area contributed by atoms with E-state index in [1.165, 1.54) is 0 Å². The molecule has 0 fully saturated rings. The minimum atomic E-state index is 0.0310. The normalized spacial score (nSPS) is 13.2. The Morgan fingerprint density at radius 3 is 1.23 bits per heavy atom. The van der Waals surface area contributed by atoms with E-state index in [-0.39, 0.29) is 13.4 Å². The van der Waals surface area contributed by atoms with Gasteiger partial charge in [-0.1, -0.05) is 158 Å². The van der Waals surface area contributed by atoms with E-state index in [9.17, 15) is 0 Å². The van der Waals surface area contributed by atoms with Crippen molar-refractivity contribution in [3.63, 3.8) is 0 Å². The fourth-order valence-electron chi connectivity index (χ4n) is 12.9. The zero-order valence-corrected chi connectivity index (χ0v) is 40.4. The first kappa shape index (κ1) is 40.9. The third-order valence-electron chi connectivity index (χ3n) is 16.3. The minimum absolute atomic E-state index is 0.0310. The van der Waals surface area contributed by atoms with E-state index in [2.05, 4.69) is 200 Å². The van der Waals surface area contributed by atoms with Gasteiger partial charge in [-0.3, -0.25) is 0 Å². The molecule has 13 aromatic rings. The summed E-state index contributed by atoms with van der Waals surface area (Å²) in [5, 5.41) is 4.42. The quantitative estimate of drug-likeness (QED) is 0.165. The van der Waals surface area contributed by atoms with E-state index in [1.54, 1.807) is 0 Å². The summed E-state index contributed by atoms with van der Waals surface area (Å²) in [6.45, 7) is 0.0666. The number of aryl methyl sites for hydroxylation is 1. The molecule has 0 saturated carbocycles. The van der Waals surface area contributed by atoms with Crippen LogP contribution in [0.15, 0.2) is 223 Å². The van der Waals surface area contributed by atoms with Crippen LogP contribution in [0.4, 0.5) is 0 Å². The highest BCUT2D eigenvalue weighted by Crippen LogP contribution is 2.47. The second-order valence-corrected chi connectivity index (χ2v) is 20.2. The van der Waals surface area contributed by atoms with Gasteiger partial charge in [0.1, 0.15) is 57.2 Å². The second-order valence-electron chi connectivity index (χ2n) is 20.2. The molecule has 4 aliphatic heterocycles. The molecule has 75 heavy (non-hydrogen) atoms. The molecule has 0 spiro atoms. The Balaban J connectivity index is 0.779. The largest absolute Gasteiger partial charge is 0.458 e. The standard InChI is InChI=1S/C67H39B2NO5/c1-70-65-44(40-29-25-38(26-30-40)42-33-58-63-59(34-42)72-55-22-9-4-17-50(55)68(63)49-16-3-8-21-54(49)71-58)14-12-15-46(65)62-66(70)47(37-48-45-13-2-7-20-53(45)75-67(48)62)41-31-27-39(28-32-41)43-35-60-64-61(36-43)74-57-24-11-6-19-52(57)69(64)51-18-5-10-23-56(51)73-60/h2-37H,1H3. The molecular weight excluding hydrogens is 920 g/mol. The monoisotopic (exact) mass is 959 g/mol. The van der Waals surface area contributed by atoms with Crippen molar-refractivity contribution in [3.8, 4) is 90.5 Å². The summed E-state index contributed by atoms with van der Waals surface area (Å²) in [4.78, 5) is 0. The van der Waals surface area contributed by atoms with Gasteiger partial charge in [-0.05, 0) is 116 Å². The van der Waals surface area contributed by atoms with Gasteiger partial charge in [0, 0.05) is 45.3 Å². The van der Waals surface area contributed by atoms with Crippen molar-refractivity contribution in [2.45, 2.75) is 0 Å². The molecule has 0 saturated heterocycles. The van der Waals surface area contributed by atoms with Gasteiger partial charge in [0.05, 0.1) is 16.4 Å². The number of furan rings is 1. The van der Waals surface area contributed by atoms with Crippen LogP contribution in [-0.4, -0.2) is 18.0 Å². The second kappa shape index (κ2) is 15.2. The summed E-state index contributed by atoms with van der Waals surface area (Å²) in [5.74, 6) is 6.83. The Kier molecular flexibility index (Phi) is 8.29. The lowest BCUT2D eigenvalue weighted by atomic mass is 9.35. The first-order valence-corrected chi connectivity index (χ1v) is 25.6. The number of fused-ring (bicyclic) bond motifs is 15. The zero-order valence-electron chi connectivity index (χ0n) is 40.4. The molecule has 0 bridgehead atoms. The maximum Gasteiger partial charge on any atom is 0.260 e. The fraction of sp³-hybridized carbons (Fsp3) is 0.0149. The van der Waals surface area contributed by atoms with Crippen molar-refractivity contribution in [3.05, 3.63) is 218 Å². The van der Waals surface area contributed by atoms with Crippen LogP contribution >= 0.6 is 0 Å². The summed E-state index contributed by atoms with van der Waals surface area (Å²) in [5.41, 5.74) is 19.5. The average Bonchev–Trinajstić information content (AvgIpc) is 4.01. The molecule has 348 valence electrons. The van der Waals surface area contributed by atoms with E-state index in [0.717, 1.165) is 167 Å². The molecule has 8 heteroatoms. The van der Waals surface area contributed by atoms with E-state index in [0.29, 0.717) is 0 Å². The van der Waals surface area contributed by atoms with Crippen LogP contribution < -0.4 is 51.7 Å². The van der Waals surface area contributed by atoms with E-state index in [4.69, 9.17) is 23.4 Å². The number of ether oxygens (including phenoxy) is 4. The SMILES string of the molecule is Cn1c2c(-c3ccc(-c4cc5c6c(c4)Oc4ccccc4B6c4ccccc4O5)cc3)cccc2c2c3oc4ccccc4c3cc(-c3ccc(-c4cc5c6c(c4)Oc4ccccc4B6c4ccccc4O5)cc3)c21. The van der Waals surface area contributed by atoms with Gasteiger partial charge in [-0.2, -0.15) is 0 Å². The smallest absolute Gasteiger partial charge is 0.260 e. The molecular formula is C67H39B2NO5. The highest BCUT2D eigenvalue weighted by molar-refractivity contribution is 6.99. The Bertz CT molecular complexity index is 4490. The van der Waals surface area contributed by atoms with Crippen LogP contribution in [0, 0.1) is 0 Å². The van der Waals surface area contributed by atoms with Crippen LogP contribution in [0.5, 0.6) is 46.0 Å². The topological polar surface area (TPSA) is 55.0 Å². The molecule has 2 aromatic heterocycles. The number of hydrogen-bond donors (Lipinski definition) is 0. The zero-order chi connectivity index (χ0) is 49.0. The van der Waals surface area contributed by atoms with Crippen molar-refractivity contribution in [1.29, 1.82) is 0 Å². The number of nitrogens with zero attached hydrogens (tertiary/aromatic N) is 1. The summed E-state index contributed by atoms with van der Waals surface area (Å²) in [6.07, 6.45) is 0. The fourth-order valence-corrected chi connectivity index (χ4v) is 12.9. The molecule has 0 amide bonds. The van der Waals surface area contributed by atoms with Crippen LogP contribution in [0.25, 0.3) is 88.3 Å². The van der Waals surface area contributed by atoms with E-state index in [1.807, 2.05) is 30.3 Å². The van der Waals surface area contributed by atoms with Gasteiger partial charge in [0.25, 0.3) is 13.4 Å². The van der Waals surface area contributed by atoms with Crippen molar-refractivity contribution < 1.29 is 23.4 Å². The van der Waals surface area contributed by atoms with E-state index >= 15 is 0 Å². The van der Waals surface area contributed by atoms with Crippen molar-refractivity contribution >= 4 is 89.9 Å². The average molecular weight is 960 g/mol. The first-order chi connectivity index (χ1) is 37.1. The van der Waals surface area contributed by atoms with Crippen LogP contribution in [0.1, 0.15) is 0 Å². The summed E-state index contributed by atoms with van der Waals surface area (Å²) >= 11 is 0. The Morgan fingerprint density at radius 2 is 0.733 bits per heavy atom. The lowest BCUT2D eigenvalue weighted by molar-refractivity contribution is 0.464. The predicted octanol–water partition coefficient (Wildman–Crippen LogP) is 13.4. The number of benzene rings is 11. The van der Waals surface area contributed by atoms with Crippen LogP contribution in [0.3, 0.4) is 0 Å². The molecule has 11 aromatic carbocycles. The Labute approximate surface area is 431 Å². The first-order valence-electron chi connectivity index (χ1n) is 25.6. The van der Waals surface area contributed by atoms with Gasteiger partial charge in [0.2, 0.25) is 0 Å². The summed E-state index contributed by atoms with van der Waals surface area (Å²) < 4.78 is 35.9. The highest BCUT2D eigenvalue weighted by Gasteiger charge is 2.42. The third-order valence-corrected chi connectivity index (χ3v) is 16.3. The third kappa shape index (κ3) is 5.82. The Hall–Kier alpha value is -9.65. The van der Waals surface area contributed by atoms with Crippen molar-refractivity contribution in [1.82, 2.24) is 4.57 Å². The molecule has 4 aliphatic rings. The molecule has 0 atom stereocenters. The lowest BCUT2D eigenvalue weighted by Crippen LogP contribution is -2.57. The maximum atomic E-state index is 6.84. The number of aromatic nitrogens is 1. The molecule has 6 nitrogen and oxygen atoms in total. The predicted molar refractivity (Wildman–Crippen MR) is 305 cm³/mol. The minimum Gasteiger partial charge on any atom is -0.458 e. The summed E-state index contributed by atoms with van der Waals surface area (Å²) in [6, 6.07) is 77.3. The molecule has 0 N–H and O–H groups in total. The molecule has 17 rings (SSSR count).